The molecule has 2 aliphatic heterocycles. The standard InChI is InChI=1S/C19H19N5O3/c1-27-16-8-14-11(6-15(16)18(21)26)3-5-22-19(14)24-12-7-13(24)10-23(9-12)17(25)2-4-20/h3,5-6,8,12-13H,2,7,9-10H2,1H3,(H2,21,26)/t12-,13+. The number of primary amides is 1. The highest BCUT2D eigenvalue weighted by atomic mass is 16.5. The normalized spacial score (nSPS) is 20.7. The molecule has 0 spiro atoms. The molecule has 2 amide bonds. The summed E-state index contributed by atoms with van der Waals surface area (Å²) in [6.45, 7) is 1.18. The van der Waals surface area contributed by atoms with Crippen LogP contribution in [0, 0.1) is 11.3 Å². The van der Waals surface area contributed by atoms with E-state index < -0.39 is 5.91 Å². The van der Waals surface area contributed by atoms with Gasteiger partial charge in [0, 0.05) is 24.7 Å². The van der Waals surface area contributed by atoms with Crippen molar-refractivity contribution in [1.82, 2.24) is 9.88 Å². The van der Waals surface area contributed by atoms with Gasteiger partial charge in [0.05, 0.1) is 30.8 Å². The van der Waals surface area contributed by atoms with Crippen molar-refractivity contribution in [2.24, 2.45) is 5.73 Å². The molecule has 1 aromatic carbocycles. The molecule has 4 rings (SSSR count). The number of fused-ring (bicyclic) bond motifs is 3. The van der Waals surface area contributed by atoms with Crippen LogP contribution in [0.3, 0.4) is 0 Å². The molecular weight excluding hydrogens is 346 g/mol. The number of piperidine rings is 1. The molecule has 0 saturated carbocycles. The summed E-state index contributed by atoms with van der Waals surface area (Å²) in [5, 5.41) is 10.5. The Labute approximate surface area is 156 Å². The first-order valence-corrected chi connectivity index (χ1v) is 8.73. The van der Waals surface area contributed by atoms with E-state index in [-0.39, 0.29) is 24.4 Å². The number of aromatic nitrogens is 1. The molecule has 2 bridgehead atoms. The van der Waals surface area contributed by atoms with Crippen molar-refractivity contribution in [3.63, 3.8) is 0 Å². The number of hydrogen-bond acceptors (Lipinski definition) is 6. The maximum atomic E-state index is 12.0. The molecule has 0 aliphatic carbocycles. The van der Waals surface area contributed by atoms with Gasteiger partial charge in [-0.3, -0.25) is 9.59 Å². The van der Waals surface area contributed by atoms with Crippen LogP contribution in [-0.4, -0.2) is 54.0 Å². The number of nitrogens with two attached hydrogens (primary N) is 1. The van der Waals surface area contributed by atoms with Gasteiger partial charge in [0.2, 0.25) is 5.91 Å². The van der Waals surface area contributed by atoms with Gasteiger partial charge in [0.25, 0.3) is 5.91 Å². The summed E-state index contributed by atoms with van der Waals surface area (Å²) in [6, 6.07) is 7.62. The van der Waals surface area contributed by atoms with Crippen molar-refractivity contribution in [1.29, 1.82) is 5.26 Å². The summed E-state index contributed by atoms with van der Waals surface area (Å²) >= 11 is 0. The van der Waals surface area contributed by atoms with Crippen LogP contribution >= 0.6 is 0 Å². The molecule has 8 nitrogen and oxygen atoms in total. The topological polar surface area (TPSA) is 113 Å². The van der Waals surface area contributed by atoms with E-state index in [9.17, 15) is 9.59 Å². The Bertz CT molecular complexity index is 971. The van der Waals surface area contributed by atoms with Crippen LogP contribution in [-0.2, 0) is 4.79 Å². The molecule has 2 aliphatic rings. The fourth-order valence-electron chi connectivity index (χ4n) is 4.09. The lowest BCUT2D eigenvalue weighted by Gasteiger charge is -2.57. The van der Waals surface area contributed by atoms with Gasteiger partial charge >= 0.3 is 0 Å². The van der Waals surface area contributed by atoms with E-state index in [0.29, 0.717) is 24.4 Å². The number of carbonyl (C=O) groups is 2. The van der Waals surface area contributed by atoms with Crippen LogP contribution in [0.4, 0.5) is 5.82 Å². The number of ether oxygens (including phenoxy) is 1. The quantitative estimate of drug-likeness (QED) is 0.866. The Kier molecular flexibility index (Phi) is 4.07. The lowest BCUT2D eigenvalue weighted by atomic mass is 9.86. The third-order valence-electron chi connectivity index (χ3n) is 5.35. The zero-order valence-corrected chi connectivity index (χ0v) is 14.9. The average Bonchev–Trinajstić information content (AvgIpc) is 2.67. The molecule has 3 heterocycles. The maximum Gasteiger partial charge on any atom is 0.252 e. The number of piperazine rings is 1. The zero-order valence-electron chi connectivity index (χ0n) is 14.9. The fraction of sp³-hybridized carbons (Fsp3) is 0.368. The van der Waals surface area contributed by atoms with Crippen LogP contribution in [0.15, 0.2) is 24.4 Å². The van der Waals surface area contributed by atoms with E-state index in [1.54, 1.807) is 23.2 Å². The SMILES string of the molecule is COc1cc2c(N3[C@@H]4C[C@H]3CN(C(=O)CC#N)C4)nccc2cc1C(N)=O. The lowest BCUT2D eigenvalue weighted by molar-refractivity contribution is -0.133. The Morgan fingerprint density at radius 2 is 2.11 bits per heavy atom. The monoisotopic (exact) mass is 365 g/mol. The number of benzene rings is 1. The first-order chi connectivity index (χ1) is 13.0. The van der Waals surface area contributed by atoms with Crippen molar-refractivity contribution in [3.05, 3.63) is 30.0 Å². The van der Waals surface area contributed by atoms with E-state index in [1.165, 1.54) is 7.11 Å². The highest BCUT2D eigenvalue weighted by Crippen LogP contribution is 2.40. The lowest BCUT2D eigenvalue weighted by Crippen LogP contribution is -2.70. The van der Waals surface area contributed by atoms with E-state index in [0.717, 1.165) is 23.0 Å². The van der Waals surface area contributed by atoms with Gasteiger partial charge in [0.15, 0.2) is 0 Å². The molecule has 2 atom stereocenters. The molecule has 8 heteroatoms. The number of methoxy groups -OCH3 is 1. The smallest absolute Gasteiger partial charge is 0.252 e. The molecule has 2 N–H and O–H groups in total. The number of rotatable bonds is 4. The van der Waals surface area contributed by atoms with E-state index >= 15 is 0 Å². The second-order valence-corrected chi connectivity index (χ2v) is 6.86. The van der Waals surface area contributed by atoms with Crippen molar-refractivity contribution in [2.45, 2.75) is 24.9 Å². The summed E-state index contributed by atoms with van der Waals surface area (Å²) in [7, 11) is 1.50. The molecule has 2 saturated heterocycles. The molecule has 2 fully saturated rings. The molecule has 2 aromatic rings. The van der Waals surface area contributed by atoms with Gasteiger partial charge in [0.1, 0.15) is 18.0 Å². The van der Waals surface area contributed by atoms with Crippen LogP contribution in [0.2, 0.25) is 0 Å². The van der Waals surface area contributed by atoms with Crippen LogP contribution in [0.1, 0.15) is 23.2 Å². The number of carbonyl (C=O) groups excluding carboxylic acids is 2. The second-order valence-electron chi connectivity index (χ2n) is 6.86. The third-order valence-corrected chi connectivity index (χ3v) is 5.35. The molecule has 138 valence electrons. The zero-order chi connectivity index (χ0) is 19.1. The molecule has 27 heavy (non-hydrogen) atoms. The second kappa shape index (κ2) is 6.43. The molecule has 1 aromatic heterocycles. The van der Waals surface area contributed by atoms with Crippen molar-refractivity contribution in [3.8, 4) is 11.8 Å². The summed E-state index contributed by atoms with van der Waals surface area (Å²) in [4.78, 5) is 32.2. The predicted molar refractivity (Wildman–Crippen MR) is 98.3 cm³/mol. The molecule has 0 radical (unpaired) electrons. The van der Waals surface area contributed by atoms with Crippen molar-refractivity contribution in [2.75, 3.05) is 25.1 Å². The Balaban J connectivity index is 1.69. The minimum Gasteiger partial charge on any atom is -0.496 e. The fourth-order valence-corrected chi connectivity index (χ4v) is 4.09. The Morgan fingerprint density at radius 3 is 2.74 bits per heavy atom. The van der Waals surface area contributed by atoms with Gasteiger partial charge in [-0.25, -0.2) is 4.98 Å². The molecular formula is C19H19N5O3. The van der Waals surface area contributed by atoms with E-state index in [2.05, 4.69) is 9.88 Å². The molecule has 0 unspecified atom stereocenters. The number of nitriles is 1. The van der Waals surface area contributed by atoms with Gasteiger partial charge < -0.3 is 20.3 Å². The predicted octanol–water partition coefficient (Wildman–Crippen LogP) is 1.05. The highest BCUT2D eigenvalue weighted by molar-refractivity contribution is 6.03. The Hall–Kier alpha value is -3.34. The van der Waals surface area contributed by atoms with E-state index in [4.69, 9.17) is 15.7 Å². The van der Waals surface area contributed by atoms with Gasteiger partial charge in [-0.1, -0.05) is 0 Å². The minimum atomic E-state index is -0.542. The van der Waals surface area contributed by atoms with Crippen molar-refractivity contribution < 1.29 is 14.3 Å². The van der Waals surface area contributed by atoms with Gasteiger partial charge in [-0.05, 0) is 30.0 Å². The van der Waals surface area contributed by atoms with Crippen LogP contribution < -0.4 is 15.4 Å². The number of nitrogens with zero attached hydrogens (tertiary/aromatic N) is 4. The number of likely N-dealkylation sites (tertiary alicyclic amines) is 1. The van der Waals surface area contributed by atoms with Crippen LogP contribution in [0.25, 0.3) is 10.8 Å². The first kappa shape index (κ1) is 17.1. The number of amides is 2. The van der Waals surface area contributed by atoms with Gasteiger partial charge in [-0.2, -0.15) is 5.26 Å². The van der Waals surface area contributed by atoms with Crippen LogP contribution in [0.5, 0.6) is 5.75 Å². The summed E-state index contributed by atoms with van der Waals surface area (Å²) in [5.41, 5.74) is 5.79. The summed E-state index contributed by atoms with van der Waals surface area (Å²) in [5.74, 6) is 0.571. The van der Waals surface area contributed by atoms with E-state index in [1.807, 2.05) is 12.1 Å². The largest absolute Gasteiger partial charge is 0.496 e. The van der Waals surface area contributed by atoms with Crippen molar-refractivity contribution >= 4 is 28.4 Å². The summed E-state index contributed by atoms with van der Waals surface area (Å²) in [6.07, 6.45) is 2.62. The minimum absolute atomic E-state index is 0.0843. The van der Waals surface area contributed by atoms with Gasteiger partial charge in [-0.15, -0.1) is 0 Å². The number of anilines is 1. The average molecular weight is 365 g/mol. The third kappa shape index (κ3) is 2.72. The Morgan fingerprint density at radius 1 is 1.37 bits per heavy atom. The first-order valence-electron chi connectivity index (χ1n) is 8.73. The summed E-state index contributed by atoms with van der Waals surface area (Å²) < 4.78 is 5.34. The number of hydrogen-bond donors (Lipinski definition) is 1. The number of pyridine rings is 1. The highest BCUT2D eigenvalue weighted by Gasteiger charge is 2.46. The maximum absolute atomic E-state index is 12.0.